The van der Waals surface area contributed by atoms with E-state index >= 15 is 0 Å². The Balaban J connectivity index is 2.16. The molecule has 0 aliphatic rings. The second-order valence-corrected chi connectivity index (χ2v) is 4.89. The largest absolute Gasteiger partial charge is 0.383 e. The van der Waals surface area contributed by atoms with Crippen LogP contribution in [0.2, 0.25) is 5.02 Å². The number of benzene rings is 1. The molecule has 0 fully saturated rings. The summed E-state index contributed by atoms with van der Waals surface area (Å²) in [4.78, 5) is 13.8. The van der Waals surface area contributed by atoms with Crippen molar-refractivity contribution in [1.82, 2.24) is 10.2 Å². The Labute approximate surface area is 125 Å². The predicted octanol–water partition coefficient (Wildman–Crippen LogP) is 1.45. The monoisotopic (exact) mass is 299 g/mol. The zero-order valence-electron chi connectivity index (χ0n) is 12.0. The van der Waals surface area contributed by atoms with Crippen LogP contribution in [0.3, 0.4) is 0 Å². The van der Waals surface area contributed by atoms with Gasteiger partial charge in [0.25, 0.3) is 0 Å². The van der Waals surface area contributed by atoms with Crippen molar-refractivity contribution in [2.75, 3.05) is 52.3 Å². The van der Waals surface area contributed by atoms with Crippen LogP contribution in [0.15, 0.2) is 24.3 Å². The fourth-order valence-corrected chi connectivity index (χ4v) is 1.79. The fraction of sp³-hybridized carbons (Fsp3) is 0.500. The van der Waals surface area contributed by atoms with Gasteiger partial charge in [-0.1, -0.05) is 23.7 Å². The topological polar surface area (TPSA) is 53.6 Å². The van der Waals surface area contributed by atoms with Crippen molar-refractivity contribution >= 4 is 23.2 Å². The van der Waals surface area contributed by atoms with Crippen molar-refractivity contribution in [3.63, 3.8) is 0 Å². The summed E-state index contributed by atoms with van der Waals surface area (Å²) in [5, 5.41) is 6.47. The average Bonchev–Trinajstić information content (AvgIpc) is 2.44. The van der Waals surface area contributed by atoms with Crippen LogP contribution in [-0.4, -0.2) is 57.8 Å². The number of carbonyl (C=O) groups excluding carboxylic acids is 1. The highest BCUT2D eigenvalue weighted by molar-refractivity contribution is 6.33. The Kier molecular flexibility index (Phi) is 8.02. The summed E-state index contributed by atoms with van der Waals surface area (Å²) >= 11 is 5.99. The second kappa shape index (κ2) is 9.58. The molecule has 0 saturated heterocycles. The van der Waals surface area contributed by atoms with Crippen LogP contribution in [0, 0.1) is 0 Å². The maximum Gasteiger partial charge on any atom is 0.239 e. The molecule has 1 amide bonds. The number of para-hydroxylation sites is 1. The Morgan fingerprint density at radius 3 is 2.80 bits per heavy atom. The van der Waals surface area contributed by atoms with Crippen LogP contribution >= 0.6 is 11.6 Å². The Morgan fingerprint density at radius 2 is 2.10 bits per heavy atom. The van der Waals surface area contributed by atoms with Gasteiger partial charge < -0.3 is 20.3 Å². The van der Waals surface area contributed by atoms with Crippen LogP contribution in [0.1, 0.15) is 0 Å². The van der Waals surface area contributed by atoms with Crippen LogP contribution in [0.25, 0.3) is 0 Å². The lowest BCUT2D eigenvalue weighted by Gasteiger charge is -2.16. The van der Waals surface area contributed by atoms with Gasteiger partial charge in [-0.3, -0.25) is 4.79 Å². The van der Waals surface area contributed by atoms with Crippen molar-refractivity contribution in [2.45, 2.75) is 0 Å². The van der Waals surface area contributed by atoms with Gasteiger partial charge in [0.15, 0.2) is 0 Å². The van der Waals surface area contributed by atoms with E-state index < -0.39 is 0 Å². The zero-order chi connectivity index (χ0) is 14.8. The maximum absolute atomic E-state index is 11.7. The Morgan fingerprint density at radius 1 is 1.35 bits per heavy atom. The van der Waals surface area contributed by atoms with E-state index in [1.807, 2.05) is 25.2 Å². The number of ether oxygens (including phenoxy) is 1. The first-order valence-corrected chi connectivity index (χ1v) is 6.94. The summed E-state index contributed by atoms with van der Waals surface area (Å²) in [6.07, 6.45) is 0. The first-order valence-electron chi connectivity index (χ1n) is 6.56. The summed E-state index contributed by atoms with van der Waals surface area (Å²) in [7, 11) is 3.67. The normalized spacial score (nSPS) is 10.6. The van der Waals surface area contributed by atoms with Crippen LogP contribution in [-0.2, 0) is 9.53 Å². The number of methoxy groups -OCH3 is 1. The molecule has 0 bridgehead atoms. The molecule has 6 heteroatoms. The van der Waals surface area contributed by atoms with Gasteiger partial charge >= 0.3 is 0 Å². The molecule has 0 heterocycles. The highest BCUT2D eigenvalue weighted by Crippen LogP contribution is 2.19. The number of hydrogen-bond acceptors (Lipinski definition) is 4. The molecule has 1 aromatic carbocycles. The molecule has 0 spiro atoms. The maximum atomic E-state index is 11.7. The number of hydrogen-bond donors (Lipinski definition) is 2. The molecule has 1 aromatic rings. The van der Waals surface area contributed by atoms with Gasteiger partial charge in [0.05, 0.1) is 23.9 Å². The van der Waals surface area contributed by atoms with Crippen molar-refractivity contribution in [1.29, 1.82) is 0 Å². The number of likely N-dealkylation sites (N-methyl/N-ethyl adjacent to an activating group) is 1. The van der Waals surface area contributed by atoms with E-state index in [2.05, 4.69) is 15.5 Å². The van der Waals surface area contributed by atoms with Gasteiger partial charge in [0.1, 0.15) is 0 Å². The fourth-order valence-electron chi connectivity index (χ4n) is 1.59. The highest BCUT2D eigenvalue weighted by atomic mass is 35.5. The molecular formula is C14H22ClN3O2. The van der Waals surface area contributed by atoms with Crippen molar-refractivity contribution in [3.8, 4) is 0 Å². The molecule has 1 rings (SSSR count). The molecule has 0 saturated carbocycles. The standard InChI is InChI=1S/C14H22ClN3O2/c1-18(9-10-20-2)8-7-16-14(19)11-17-13-6-4-3-5-12(13)15/h3-6,17H,7-11H2,1-2H3,(H,16,19). The molecule has 20 heavy (non-hydrogen) atoms. The SMILES string of the molecule is COCCN(C)CCNC(=O)CNc1ccccc1Cl. The van der Waals surface area contributed by atoms with E-state index in [4.69, 9.17) is 16.3 Å². The number of carbonyl (C=O) groups is 1. The van der Waals surface area contributed by atoms with Gasteiger partial charge in [-0.2, -0.15) is 0 Å². The third-order valence-corrected chi connectivity index (χ3v) is 3.14. The van der Waals surface area contributed by atoms with Gasteiger partial charge in [-0.15, -0.1) is 0 Å². The van der Waals surface area contributed by atoms with Crippen molar-refractivity contribution in [2.24, 2.45) is 0 Å². The molecule has 0 aromatic heterocycles. The summed E-state index contributed by atoms with van der Waals surface area (Å²) in [5.74, 6) is -0.0509. The Hall–Kier alpha value is -1.30. The van der Waals surface area contributed by atoms with Crippen molar-refractivity contribution in [3.05, 3.63) is 29.3 Å². The van der Waals surface area contributed by atoms with Crippen molar-refractivity contribution < 1.29 is 9.53 Å². The third kappa shape index (κ3) is 6.75. The minimum atomic E-state index is -0.0509. The number of nitrogens with zero attached hydrogens (tertiary/aromatic N) is 1. The quantitative estimate of drug-likeness (QED) is 0.725. The van der Waals surface area contributed by atoms with E-state index in [0.717, 1.165) is 18.8 Å². The van der Waals surface area contributed by atoms with E-state index in [9.17, 15) is 4.79 Å². The summed E-state index contributed by atoms with van der Waals surface area (Å²) in [6, 6.07) is 7.35. The van der Waals surface area contributed by atoms with Crippen LogP contribution in [0.5, 0.6) is 0 Å². The molecule has 0 atom stereocenters. The Bertz CT molecular complexity index is 415. The zero-order valence-corrected chi connectivity index (χ0v) is 12.7. The number of anilines is 1. The molecule has 5 nitrogen and oxygen atoms in total. The van der Waals surface area contributed by atoms with Crippen LogP contribution < -0.4 is 10.6 Å². The first kappa shape index (κ1) is 16.8. The number of halogens is 1. The van der Waals surface area contributed by atoms with Crippen LogP contribution in [0.4, 0.5) is 5.69 Å². The van der Waals surface area contributed by atoms with Gasteiger partial charge in [0, 0.05) is 26.7 Å². The molecule has 0 aliphatic heterocycles. The lowest BCUT2D eigenvalue weighted by molar-refractivity contribution is -0.119. The molecule has 2 N–H and O–H groups in total. The molecule has 112 valence electrons. The van der Waals surface area contributed by atoms with E-state index in [-0.39, 0.29) is 12.5 Å². The van der Waals surface area contributed by atoms with Gasteiger partial charge in [-0.05, 0) is 19.2 Å². The number of nitrogens with one attached hydrogen (secondary N) is 2. The third-order valence-electron chi connectivity index (χ3n) is 2.81. The average molecular weight is 300 g/mol. The molecule has 0 unspecified atom stereocenters. The highest BCUT2D eigenvalue weighted by Gasteiger charge is 2.04. The lowest BCUT2D eigenvalue weighted by atomic mass is 10.3. The summed E-state index contributed by atoms with van der Waals surface area (Å²) in [5.41, 5.74) is 0.765. The minimum Gasteiger partial charge on any atom is -0.383 e. The second-order valence-electron chi connectivity index (χ2n) is 4.48. The van der Waals surface area contributed by atoms with Gasteiger partial charge in [-0.25, -0.2) is 0 Å². The summed E-state index contributed by atoms with van der Waals surface area (Å²) in [6.45, 7) is 3.17. The number of amides is 1. The first-order chi connectivity index (χ1) is 9.63. The number of rotatable bonds is 9. The molecule has 0 radical (unpaired) electrons. The van der Waals surface area contributed by atoms with E-state index in [0.29, 0.717) is 18.2 Å². The predicted molar refractivity (Wildman–Crippen MR) is 82.3 cm³/mol. The van der Waals surface area contributed by atoms with Gasteiger partial charge in [0.2, 0.25) is 5.91 Å². The lowest BCUT2D eigenvalue weighted by Crippen LogP contribution is -2.36. The summed E-state index contributed by atoms with van der Waals surface area (Å²) < 4.78 is 4.99. The van der Waals surface area contributed by atoms with E-state index in [1.165, 1.54) is 0 Å². The van der Waals surface area contributed by atoms with E-state index in [1.54, 1.807) is 13.2 Å². The molecule has 0 aliphatic carbocycles. The smallest absolute Gasteiger partial charge is 0.239 e. The molecular weight excluding hydrogens is 278 g/mol. The minimum absolute atomic E-state index is 0.0509.